The normalized spacial score (nSPS) is 39.6. The van der Waals surface area contributed by atoms with Crippen LogP contribution in [0.1, 0.15) is 187 Å². The van der Waals surface area contributed by atoms with Crippen molar-refractivity contribution in [2.75, 3.05) is 13.2 Å². The first-order chi connectivity index (χ1) is 32.5. The number of hydrogen-bond donors (Lipinski definition) is 1. The summed E-state index contributed by atoms with van der Waals surface area (Å²) in [6.07, 6.45) is 8.37. The monoisotopic (exact) mass is 956 g/mol. The van der Waals surface area contributed by atoms with Crippen LogP contribution in [0.2, 0.25) is 0 Å². The Morgan fingerprint density at radius 3 is 1.28 bits per heavy atom. The van der Waals surface area contributed by atoms with Gasteiger partial charge >= 0.3 is 0 Å². The molecule has 0 saturated carbocycles. The minimum atomic E-state index is -0.478. The average Bonchev–Trinajstić information content (AvgIpc) is 3.34. The Labute approximate surface area is 415 Å². The van der Waals surface area contributed by atoms with Gasteiger partial charge in [-0.25, -0.2) is 0 Å². The summed E-state index contributed by atoms with van der Waals surface area (Å²) in [6, 6.07) is 10.3. The third-order valence-electron chi connectivity index (χ3n) is 18.3. The van der Waals surface area contributed by atoms with E-state index < -0.39 is 18.6 Å². The van der Waals surface area contributed by atoms with Crippen molar-refractivity contribution >= 4 is 5.91 Å². The summed E-state index contributed by atoms with van der Waals surface area (Å²) in [5.41, 5.74) is 0.981. The lowest BCUT2D eigenvalue weighted by molar-refractivity contribution is -0.327. The molecule has 1 aromatic carbocycles. The zero-order chi connectivity index (χ0) is 49.9. The summed E-state index contributed by atoms with van der Waals surface area (Å²) in [6.45, 7) is 36.4. The Balaban J connectivity index is 1.33. The summed E-state index contributed by atoms with van der Waals surface area (Å²) < 4.78 is 54.5. The standard InChI is InChI=1S/C58H101NO9/c1-17-23-30-58(31-24-18-2,45-28-26-25-27-29-45)32-51(60)59-46(33-61-54-43(15)39(11)52(49(21-5)65-54)67-56-41(13)35(7)37(9)47(19-3)63-56)34-62-55-44(16)40(12)53(50(22-6)66-55)68-57-42(14)36(8)38(10)48(20-4)64-57/h25-29,35-44,46-50,52-57H,17-24,30-34H2,1-16H3,(H,59,60)/t35?,36?,37-,38-,39?,40?,41-,42-,43-,44-,46?,47?,48?,49?,50?,52-,53-,54+,55+,56+,57+/m1/s1. The molecule has 5 rings (SSSR count). The predicted molar refractivity (Wildman–Crippen MR) is 273 cm³/mol. The van der Waals surface area contributed by atoms with E-state index in [0.717, 1.165) is 64.2 Å². The van der Waals surface area contributed by atoms with E-state index >= 15 is 0 Å². The van der Waals surface area contributed by atoms with Gasteiger partial charge in [0.25, 0.3) is 0 Å². The van der Waals surface area contributed by atoms with Crippen molar-refractivity contribution in [2.24, 2.45) is 59.2 Å². The van der Waals surface area contributed by atoms with Crippen molar-refractivity contribution < 1.29 is 42.7 Å². The van der Waals surface area contributed by atoms with Gasteiger partial charge in [-0.3, -0.25) is 4.79 Å². The van der Waals surface area contributed by atoms with Gasteiger partial charge in [0.05, 0.1) is 55.9 Å². The summed E-state index contributed by atoms with van der Waals surface area (Å²) in [7, 11) is 0. The molecule has 392 valence electrons. The number of benzene rings is 1. The largest absolute Gasteiger partial charge is 0.350 e. The van der Waals surface area contributed by atoms with Crippen LogP contribution in [0.3, 0.4) is 0 Å². The van der Waals surface area contributed by atoms with Gasteiger partial charge in [-0.2, -0.15) is 0 Å². The van der Waals surface area contributed by atoms with Gasteiger partial charge in [-0.15, -0.1) is 0 Å². The molecule has 0 bridgehead atoms. The summed E-state index contributed by atoms with van der Waals surface area (Å²) in [5, 5.41) is 3.46. The first kappa shape index (κ1) is 57.3. The maximum Gasteiger partial charge on any atom is 0.221 e. The summed E-state index contributed by atoms with van der Waals surface area (Å²) in [4.78, 5) is 14.7. The van der Waals surface area contributed by atoms with Crippen LogP contribution in [0.5, 0.6) is 0 Å². The van der Waals surface area contributed by atoms with Crippen molar-refractivity contribution in [2.45, 2.75) is 255 Å². The Morgan fingerprint density at radius 2 is 0.897 bits per heavy atom. The number of ether oxygens (including phenoxy) is 8. The zero-order valence-electron chi connectivity index (χ0n) is 45.9. The van der Waals surface area contributed by atoms with Crippen LogP contribution in [0.4, 0.5) is 0 Å². The maximum absolute atomic E-state index is 14.7. The maximum atomic E-state index is 14.7. The van der Waals surface area contributed by atoms with Gasteiger partial charge < -0.3 is 43.2 Å². The van der Waals surface area contributed by atoms with E-state index in [2.05, 4.69) is 146 Å². The van der Waals surface area contributed by atoms with E-state index in [0.29, 0.717) is 30.1 Å². The van der Waals surface area contributed by atoms with E-state index in [9.17, 15) is 4.79 Å². The van der Waals surface area contributed by atoms with Crippen LogP contribution in [-0.4, -0.2) is 86.9 Å². The second-order valence-electron chi connectivity index (χ2n) is 22.6. The first-order valence-electron chi connectivity index (χ1n) is 28.0. The molecule has 4 saturated heterocycles. The van der Waals surface area contributed by atoms with E-state index in [1.807, 2.05) is 0 Å². The molecule has 1 aromatic rings. The van der Waals surface area contributed by atoms with Crippen LogP contribution >= 0.6 is 0 Å². The molecular weight excluding hydrogens is 855 g/mol. The number of carbonyl (C=O) groups excluding carboxylic acids is 1. The van der Waals surface area contributed by atoms with Crippen molar-refractivity contribution in [3.05, 3.63) is 35.9 Å². The van der Waals surface area contributed by atoms with Crippen molar-refractivity contribution in [1.29, 1.82) is 0 Å². The fraction of sp³-hybridized carbons (Fsp3) is 0.879. The van der Waals surface area contributed by atoms with E-state index in [-0.39, 0.29) is 109 Å². The summed E-state index contributed by atoms with van der Waals surface area (Å²) in [5.74, 6) is 2.88. The van der Waals surface area contributed by atoms with E-state index in [1.54, 1.807) is 0 Å². The minimum Gasteiger partial charge on any atom is -0.350 e. The van der Waals surface area contributed by atoms with E-state index in [1.165, 1.54) is 5.56 Å². The quantitative estimate of drug-likeness (QED) is 0.108. The third-order valence-corrected chi connectivity index (χ3v) is 18.3. The van der Waals surface area contributed by atoms with Crippen LogP contribution in [0.25, 0.3) is 0 Å². The van der Waals surface area contributed by atoms with Gasteiger partial charge in [0.2, 0.25) is 5.91 Å². The average molecular weight is 956 g/mol. The van der Waals surface area contributed by atoms with Crippen LogP contribution in [0, 0.1) is 59.2 Å². The lowest BCUT2D eigenvalue weighted by atomic mass is 9.70. The number of rotatable bonds is 24. The fourth-order valence-corrected chi connectivity index (χ4v) is 12.2. The molecule has 68 heavy (non-hydrogen) atoms. The van der Waals surface area contributed by atoms with Gasteiger partial charge in [0.15, 0.2) is 25.2 Å². The Bertz CT molecular complexity index is 1510. The first-order valence-corrected chi connectivity index (χ1v) is 28.0. The highest BCUT2D eigenvalue weighted by molar-refractivity contribution is 5.78. The van der Waals surface area contributed by atoms with Crippen molar-refractivity contribution in [1.82, 2.24) is 5.32 Å². The lowest BCUT2D eigenvalue weighted by Crippen LogP contribution is -2.56. The molecule has 1 amide bonds. The molecule has 0 radical (unpaired) electrons. The molecule has 4 aliphatic heterocycles. The molecule has 0 aromatic heterocycles. The van der Waals surface area contributed by atoms with Gasteiger partial charge in [-0.05, 0) is 79.6 Å². The fourth-order valence-electron chi connectivity index (χ4n) is 12.2. The van der Waals surface area contributed by atoms with E-state index in [4.69, 9.17) is 37.9 Å². The molecule has 4 fully saturated rings. The van der Waals surface area contributed by atoms with Crippen molar-refractivity contribution in [3.63, 3.8) is 0 Å². The number of amides is 1. The third kappa shape index (κ3) is 13.7. The number of carbonyl (C=O) groups is 1. The molecule has 1 N–H and O–H groups in total. The highest BCUT2D eigenvalue weighted by atomic mass is 16.7. The smallest absolute Gasteiger partial charge is 0.221 e. The Morgan fingerprint density at radius 1 is 0.515 bits per heavy atom. The molecule has 10 heteroatoms. The number of nitrogens with one attached hydrogen (secondary N) is 1. The van der Waals surface area contributed by atoms with Crippen LogP contribution < -0.4 is 5.32 Å². The molecule has 0 spiro atoms. The lowest BCUT2D eigenvalue weighted by Gasteiger charge is -2.49. The topological polar surface area (TPSA) is 103 Å². The van der Waals surface area contributed by atoms with Gasteiger partial charge in [0, 0.05) is 35.5 Å². The van der Waals surface area contributed by atoms with Gasteiger partial charge in [0.1, 0.15) is 0 Å². The predicted octanol–water partition coefficient (Wildman–Crippen LogP) is 12.9. The molecule has 4 aliphatic rings. The van der Waals surface area contributed by atoms with Crippen LogP contribution in [0.15, 0.2) is 30.3 Å². The Hall–Kier alpha value is -1.63. The number of unbranched alkanes of at least 4 members (excludes halogenated alkanes) is 2. The molecule has 20 atom stereocenters. The molecule has 0 aliphatic carbocycles. The minimum absolute atomic E-state index is 0.0149. The highest BCUT2D eigenvalue weighted by Gasteiger charge is 2.49. The number of hydrogen-bond acceptors (Lipinski definition) is 9. The zero-order valence-corrected chi connectivity index (χ0v) is 45.9. The molecule has 8 unspecified atom stereocenters. The molecule has 10 nitrogen and oxygen atoms in total. The summed E-state index contributed by atoms with van der Waals surface area (Å²) >= 11 is 0. The highest BCUT2D eigenvalue weighted by Crippen LogP contribution is 2.44. The Kier molecular flexibility index (Phi) is 22.6. The molecule has 4 heterocycles. The SMILES string of the molecule is CCCCC(CCCC)(CC(=O)NC(CO[C@H]1OC(CC)[C@H](O[C@@H]2OC(CC)[C@H](C)C(C)[C@H]2C)C(C)[C@H]1C)CO[C@H]1OC(CC)[C@H](O[C@@H]2OC(CC)[C@H](C)C(C)[C@H]2C)C(C)[C@H]1C)c1ccccc1. The molecular formula is C58H101NO9. The second kappa shape index (κ2) is 26.9. The van der Waals surface area contributed by atoms with Crippen LogP contribution in [-0.2, 0) is 48.1 Å². The second-order valence-corrected chi connectivity index (χ2v) is 22.6. The van der Waals surface area contributed by atoms with Gasteiger partial charge in [-0.1, -0.05) is 167 Å². The van der Waals surface area contributed by atoms with Crippen molar-refractivity contribution in [3.8, 4) is 0 Å².